The van der Waals surface area contributed by atoms with Gasteiger partial charge < -0.3 is 4.74 Å². The fourth-order valence-corrected chi connectivity index (χ4v) is 2.54. The number of ether oxygens (including phenoxy) is 1. The monoisotopic (exact) mass is 313 g/mol. The van der Waals surface area contributed by atoms with Gasteiger partial charge in [-0.2, -0.15) is 0 Å². The van der Waals surface area contributed by atoms with Gasteiger partial charge in [0.25, 0.3) is 0 Å². The van der Waals surface area contributed by atoms with Crippen molar-refractivity contribution in [2.45, 2.75) is 97.5 Å². The first-order valence-corrected chi connectivity index (χ1v) is 9.25. The first kappa shape index (κ1) is 21.4. The SMILES string of the molecule is CCCCCCCCCCCCN(C)CC(=O)OC(C)(C)C. The number of nitrogens with zero attached hydrogens (tertiary/aromatic N) is 1. The van der Waals surface area contributed by atoms with Crippen LogP contribution in [0.3, 0.4) is 0 Å². The van der Waals surface area contributed by atoms with Crippen LogP contribution in [0.5, 0.6) is 0 Å². The highest BCUT2D eigenvalue weighted by molar-refractivity contribution is 5.72. The lowest BCUT2D eigenvalue weighted by molar-refractivity contribution is -0.155. The number of hydrogen-bond donors (Lipinski definition) is 0. The third-order valence-electron chi connectivity index (χ3n) is 3.71. The van der Waals surface area contributed by atoms with Gasteiger partial charge in [0, 0.05) is 0 Å². The molecule has 0 aliphatic heterocycles. The smallest absolute Gasteiger partial charge is 0.320 e. The van der Waals surface area contributed by atoms with Gasteiger partial charge in [-0.1, -0.05) is 64.7 Å². The van der Waals surface area contributed by atoms with Crippen LogP contribution in [-0.2, 0) is 9.53 Å². The molecule has 22 heavy (non-hydrogen) atoms. The first-order chi connectivity index (χ1) is 10.3. The molecule has 0 N–H and O–H groups in total. The molecule has 0 aliphatic rings. The molecule has 0 atom stereocenters. The summed E-state index contributed by atoms with van der Waals surface area (Å²) in [6.07, 6.45) is 13.5. The molecule has 132 valence electrons. The molecular weight excluding hydrogens is 274 g/mol. The van der Waals surface area contributed by atoms with Gasteiger partial charge >= 0.3 is 5.97 Å². The standard InChI is InChI=1S/C19H39NO2/c1-6-7-8-9-10-11-12-13-14-15-16-20(5)17-18(21)22-19(2,3)4/h6-17H2,1-5H3. The molecule has 0 saturated carbocycles. The second kappa shape index (κ2) is 12.9. The zero-order chi connectivity index (χ0) is 16.8. The lowest BCUT2D eigenvalue weighted by Crippen LogP contribution is -2.33. The van der Waals surface area contributed by atoms with E-state index in [1.165, 1.54) is 64.2 Å². The highest BCUT2D eigenvalue weighted by Gasteiger charge is 2.17. The average molecular weight is 314 g/mol. The number of likely N-dealkylation sites (N-methyl/N-ethyl adjacent to an activating group) is 1. The first-order valence-electron chi connectivity index (χ1n) is 9.25. The third-order valence-corrected chi connectivity index (χ3v) is 3.71. The van der Waals surface area contributed by atoms with E-state index in [2.05, 4.69) is 11.8 Å². The number of carbonyl (C=O) groups excluding carboxylic acids is 1. The van der Waals surface area contributed by atoms with Gasteiger partial charge in [-0.3, -0.25) is 9.69 Å². The molecule has 0 aliphatic carbocycles. The Morgan fingerprint density at radius 1 is 0.864 bits per heavy atom. The summed E-state index contributed by atoms with van der Waals surface area (Å²) in [5.74, 6) is -0.123. The third kappa shape index (κ3) is 15.8. The number of unbranched alkanes of at least 4 members (excludes halogenated alkanes) is 9. The number of hydrogen-bond acceptors (Lipinski definition) is 3. The van der Waals surface area contributed by atoms with E-state index >= 15 is 0 Å². The molecule has 0 saturated heterocycles. The van der Waals surface area contributed by atoms with Crippen molar-refractivity contribution in [2.24, 2.45) is 0 Å². The van der Waals surface area contributed by atoms with Gasteiger partial charge in [0.2, 0.25) is 0 Å². The van der Waals surface area contributed by atoms with Gasteiger partial charge in [-0.15, -0.1) is 0 Å². The molecule has 3 nitrogen and oxygen atoms in total. The predicted octanol–water partition coefficient (Wildman–Crippen LogP) is 5.18. The Labute approximate surface area is 138 Å². The molecule has 0 heterocycles. The molecule has 0 rings (SSSR count). The minimum Gasteiger partial charge on any atom is -0.459 e. The summed E-state index contributed by atoms with van der Waals surface area (Å²) >= 11 is 0. The van der Waals surface area contributed by atoms with Gasteiger partial charge in [0.05, 0.1) is 6.54 Å². The van der Waals surface area contributed by atoms with Crippen LogP contribution in [0.4, 0.5) is 0 Å². The Hall–Kier alpha value is -0.570. The van der Waals surface area contributed by atoms with Crippen LogP contribution in [0.1, 0.15) is 91.9 Å². The van der Waals surface area contributed by atoms with Crippen LogP contribution in [0.2, 0.25) is 0 Å². The van der Waals surface area contributed by atoms with Crippen molar-refractivity contribution in [2.75, 3.05) is 20.1 Å². The summed E-state index contributed by atoms with van der Waals surface area (Å²) in [5, 5.41) is 0. The van der Waals surface area contributed by atoms with Crippen molar-refractivity contribution in [1.29, 1.82) is 0 Å². The topological polar surface area (TPSA) is 29.5 Å². The van der Waals surface area contributed by atoms with Gasteiger partial charge in [0.15, 0.2) is 0 Å². The summed E-state index contributed by atoms with van der Waals surface area (Å²) in [5.41, 5.74) is -0.380. The largest absolute Gasteiger partial charge is 0.459 e. The maximum absolute atomic E-state index is 11.7. The lowest BCUT2D eigenvalue weighted by atomic mass is 10.1. The molecule has 0 amide bonds. The van der Waals surface area contributed by atoms with E-state index in [1.807, 2.05) is 27.8 Å². The van der Waals surface area contributed by atoms with Crippen LogP contribution >= 0.6 is 0 Å². The Kier molecular flexibility index (Phi) is 12.6. The molecule has 0 aromatic carbocycles. The minimum absolute atomic E-state index is 0.123. The van der Waals surface area contributed by atoms with Gasteiger partial charge in [0.1, 0.15) is 5.60 Å². The predicted molar refractivity (Wildman–Crippen MR) is 95.2 cm³/mol. The molecule has 0 bridgehead atoms. The molecule has 0 aromatic rings. The van der Waals surface area contributed by atoms with Crippen LogP contribution in [0.25, 0.3) is 0 Å². The van der Waals surface area contributed by atoms with Crippen molar-refractivity contribution in [1.82, 2.24) is 4.90 Å². The van der Waals surface area contributed by atoms with Crippen LogP contribution < -0.4 is 0 Å². The van der Waals surface area contributed by atoms with Crippen LogP contribution in [-0.4, -0.2) is 36.6 Å². The molecule has 0 spiro atoms. The number of carbonyl (C=O) groups is 1. The highest BCUT2D eigenvalue weighted by atomic mass is 16.6. The van der Waals surface area contributed by atoms with Crippen molar-refractivity contribution in [3.63, 3.8) is 0 Å². The van der Waals surface area contributed by atoms with Crippen molar-refractivity contribution in [3.8, 4) is 0 Å². The molecule has 0 unspecified atom stereocenters. The van der Waals surface area contributed by atoms with Gasteiger partial charge in [-0.05, 0) is 40.8 Å². The van der Waals surface area contributed by atoms with E-state index in [-0.39, 0.29) is 11.6 Å². The van der Waals surface area contributed by atoms with E-state index < -0.39 is 0 Å². The van der Waals surface area contributed by atoms with Crippen molar-refractivity contribution < 1.29 is 9.53 Å². The van der Waals surface area contributed by atoms with E-state index in [4.69, 9.17) is 4.74 Å². The van der Waals surface area contributed by atoms with Crippen molar-refractivity contribution in [3.05, 3.63) is 0 Å². The Balaban J connectivity index is 3.38. The molecule has 0 radical (unpaired) electrons. The zero-order valence-corrected chi connectivity index (χ0v) is 15.7. The molecule has 3 heteroatoms. The van der Waals surface area contributed by atoms with E-state index in [0.717, 1.165) is 6.54 Å². The second-order valence-corrected chi connectivity index (χ2v) is 7.51. The molecular formula is C19H39NO2. The fraction of sp³-hybridized carbons (Fsp3) is 0.947. The normalized spacial score (nSPS) is 11.9. The highest BCUT2D eigenvalue weighted by Crippen LogP contribution is 2.11. The quantitative estimate of drug-likeness (QED) is 0.346. The maximum atomic E-state index is 11.7. The maximum Gasteiger partial charge on any atom is 0.320 e. The minimum atomic E-state index is -0.380. The molecule has 0 aromatic heterocycles. The van der Waals surface area contributed by atoms with E-state index in [0.29, 0.717) is 6.54 Å². The Bertz CT molecular complexity index is 271. The number of rotatable bonds is 13. The molecule has 0 fully saturated rings. The van der Waals surface area contributed by atoms with E-state index in [1.54, 1.807) is 0 Å². The Morgan fingerprint density at radius 3 is 1.77 bits per heavy atom. The van der Waals surface area contributed by atoms with Crippen LogP contribution in [0.15, 0.2) is 0 Å². The number of esters is 1. The Morgan fingerprint density at radius 2 is 1.32 bits per heavy atom. The summed E-state index contributed by atoms with van der Waals surface area (Å²) in [4.78, 5) is 13.8. The van der Waals surface area contributed by atoms with Gasteiger partial charge in [-0.25, -0.2) is 0 Å². The van der Waals surface area contributed by atoms with Crippen LogP contribution in [0, 0.1) is 0 Å². The lowest BCUT2D eigenvalue weighted by Gasteiger charge is -2.22. The summed E-state index contributed by atoms with van der Waals surface area (Å²) < 4.78 is 5.33. The average Bonchev–Trinajstić information content (AvgIpc) is 2.38. The summed E-state index contributed by atoms with van der Waals surface area (Å²) in [6.45, 7) is 9.37. The fourth-order valence-electron chi connectivity index (χ4n) is 2.54. The summed E-state index contributed by atoms with van der Waals surface area (Å²) in [7, 11) is 2.00. The van der Waals surface area contributed by atoms with Crippen molar-refractivity contribution >= 4 is 5.97 Å². The zero-order valence-electron chi connectivity index (χ0n) is 15.7. The second-order valence-electron chi connectivity index (χ2n) is 7.51. The van der Waals surface area contributed by atoms with E-state index in [9.17, 15) is 4.79 Å². The summed E-state index contributed by atoms with van der Waals surface area (Å²) in [6, 6.07) is 0.